The van der Waals surface area contributed by atoms with Crippen molar-refractivity contribution >= 4 is 47.6 Å². The predicted octanol–water partition coefficient (Wildman–Crippen LogP) is 1.77. The first-order valence-electron chi connectivity index (χ1n) is 18.4. The molecule has 0 bridgehead atoms. The molecule has 6 amide bonds. The molecule has 16 nitrogen and oxygen atoms in total. The number of carbonyl (C=O) groups is 7. The van der Waals surface area contributed by atoms with Crippen molar-refractivity contribution < 1.29 is 38.3 Å². The number of ether oxygens (including phenoxy) is 1. The van der Waals surface area contributed by atoms with Gasteiger partial charge in [-0.1, -0.05) is 35.9 Å². The Balaban J connectivity index is 0.000000303. The van der Waals surface area contributed by atoms with Gasteiger partial charge >= 0.3 is 12.0 Å². The number of piperidine rings is 1. The van der Waals surface area contributed by atoms with Crippen LogP contribution in [0.2, 0.25) is 0 Å². The molecular weight excluding hydrogens is 696 g/mol. The van der Waals surface area contributed by atoms with E-state index in [9.17, 15) is 33.6 Å². The second kappa shape index (κ2) is 22.6. The van der Waals surface area contributed by atoms with E-state index in [4.69, 9.17) is 10.5 Å². The van der Waals surface area contributed by atoms with Gasteiger partial charge in [-0.2, -0.15) is 0 Å². The van der Waals surface area contributed by atoms with E-state index >= 15 is 0 Å². The third kappa shape index (κ3) is 14.2. The quantitative estimate of drug-likeness (QED) is 0.193. The highest BCUT2D eigenvalue weighted by atomic mass is 16.5. The second-order valence-corrected chi connectivity index (χ2v) is 13.4. The molecule has 0 radical (unpaired) electrons. The molecule has 5 N–H and O–H groups in total. The standard InChI is InChI=1S/C23H36N4O6.C8H10N4O2.C7H8/c1-16(15-28)24-21(30)17-7-3-4-12-27(17)22(31)18-8-6-13-26(18)20(29)10-14-33-23(32)19-9-5-11-25(19)2;9-7(13)5-11-8(14)12-6-1-3-10-4-2-6;1-7-5-3-2-4-6-7/h15-19H,3-14H2,1-2H3,(H,24,30);1-4H,5H2,(H2,9,13)(H2,10,11,12,14);2-6H,1H3. The summed E-state index contributed by atoms with van der Waals surface area (Å²) in [7, 11) is 1.89. The van der Waals surface area contributed by atoms with Crippen molar-refractivity contribution in [2.45, 2.75) is 89.4 Å². The molecule has 0 spiro atoms. The van der Waals surface area contributed by atoms with Crippen LogP contribution in [0.25, 0.3) is 0 Å². The van der Waals surface area contributed by atoms with Crippen LogP contribution in [-0.2, 0) is 33.5 Å². The number of carbonyl (C=O) groups excluding carboxylic acids is 7. The molecular formula is C38H54N8O8. The van der Waals surface area contributed by atoms with Gasteiger partial charge < -0.3 is 41.0 Å². The summed E-state index contributed by atoms with van der Waals surface area (Å²) in [6.07, 6.45) is 8.92. The Morgan fingerprint density at radius 1 is 0.889 bits per heavy atom. The van der Waals surface area contributed by atoms with E-state index in [1.165, 1.54) is 5.56 Å². The normalized spacial score (nSPS) is 19.8. The Bertz CT molecular complexity index is 1550. The Morgan fingerprint density at radius 3 is 2.15 bits per heavy atom. The van der Waals surface area contributed by atoms with Gasteiger partial charge in [0.25, 0.3) is 0 Å². The third-order valence-electron chi connectivity index (χ3n) is 9.18. The summed E-state index contributed by atoms with van der Waals surface area (Å²) in [5, 5.41) is 7.43. The molecule has 3 aliphatic heterocycles. The van der Waals surface area contributed by atoms with Crippen molar-refractivity contribution in [2.75, 3.05) is 45.2 Å². The minimum absolute atomic E-state index is 0.00224. The van der Waals surface area contributed by atoms with Crippen LogP contribution in [0.15, 0.2) is 54.9 Å². The van der Waals surface area contributed by atoms with Gasteiger partial charge in [-0.25, -0.2) is 4.79 Å². The summed E-state index contributed by atoms with van der Waals surface area (Å²) in [5.41, 5.74) is 6.76. The highest BCUT2D eigenvalue weighted by Gasteiger charge is 2.41. The molecule has 0 saturated carbocycles. The largest absolute Gasteiger partial charge is 0.464 e. The number of likely N-dealkylation sites (tertiary alicyclic amines) is 3. The number of hydrogen-bond acceptors (Lipinski definition) is 10. The summed E-state index contributed by atoms with van der Waals surface area (Å²) in [4.78, 5) is 92.3. The Labute approximate surface area is 316 Å². The van der Waals surface area contributed by atoms with Crippen molar-refractivity contribution in [3.05, 3.63) is 60.4 Å². The monoisotopic (exact) mass is 750 g/mol. The molecule has 4 heterocycles. The number of hydrogen-bond donors (Lipinski definition) is 4. The average molecular weight is 751 g/mol. The fourth-order valence-electron chi connectivity index (χ4n) is 6.33. The second-order valence-electron chi connectivity index (χ2n) is 13.4. The fraction of sp³-hybridized carbons (Fsp3) is 0.526. The molecule has 1 aromatic heterocycles. The number of rotatable bonds is 11. The van der Waals surface area contributed by atoms with Gasteiger partial charge in [0.05, 0.1) is 19.0 Å². The minimum Gasteiger partial charge on any atom is -0.464 e. The Kier molecular flexibility index (Phi) is 18.0. The van der Waals surface area contributed by atoms with Gasteiger partial charge in [-0.15, -0.1) is 0 Å². The first kappa shape index (κ1) is 43.0. The summed E-state index contributed by atoms with van der Waals surface area (Å²) >= 11 is 0. The minimum atomic E-state index is -0.629. The van der Waals surface area contributed by atoms with Gasteiger partial charge in [0.15, 0.2) is 0 Å². The summed E-state index contributed by atoms with van der Waals surface area (Å²) in [5.74, 6) is -1.66. The SMILES string of the molecule is CC(C=O)NC(=O)C1CCCCN1C(=O)C1CCCN1C(=O)CCOC(=O)C1CCCN1C.Cc1ccccc1.NC(=O)CNC(=O)Nc1ccncc1. The van der Waals surface area contributed by atoms with E-state index in [2.05, 4.69) is 40.0 Å². The van der Waals surface area contributed by atoms with Gasteiger partial charge in [0.1, 0.15) is 31.0 Å². The number of anilines is 1. The van der Waals surface area contributed by atoms with Crippen molar-refractivity contribution in [1.29, 1.82) is 0 Å². The zero-order valence-electron chi connectivity index (χ0n) is 31.4. The molecule has 5 rings (SSSR count). The van der Waals surface area contributed by atoms with Crippen molar-refractivity contribution in [3.8, 4) is 0 Å². The average Bonchev–Trinajstić information content (AvgIpc) is 3.84. The molecule has 0 aliphatic carbocycles. The molecule has 2 aromatic rings. The fourth-order valence-corrected chi connectivity index (χ4v) is 6.33. The smallest absolute Gasteiger partial charge is 0.323 e. The van der Waals surface area contributed by atoms with Gasteiger partial charge in [-0.05, 0) is 84.5 Å². The number of urea groups is 1. The first-order valence-corrected chi connectivity index (χ1v) is 18.4. The molecule has 1 aromatic carbocycles. The maximum atomic E-state index is 13.4. The molecule has 4 atom stereocenters. The zero-order valence-corrected chi connectivity index (χ0v) is 31.4. The number of esters is 1. The lowest BCUT2D eigenvalue weighted by molar-refractivity contribution is -0.152. The van der Waals surface area contributed by atoms with E-state index in [1.54, 1.807) is 41.2 Å². The highest BCUT2D eigenvalue weighted by molar-refractivity contribution is 5.93. The van der Waals surface area contributed by atoms with Crippen molar-refractivity contribution in [2.24, 2.45) is 5.73 Å². The van der Waals surface area contributed by atoms with E-state index in [-0.39, 0.29) is 49.3 Å². The summed E-state index contributed by atoms with van der Waals surface area (Å²) in [6, 6.07) is 10.9. The Morgan fingerprint density at radius 2 is 1.54 bits per heavy atom. The number of nitrogens with two attached hydrogens (primary N) is 1. The van der Waals surface area contributed by atoms with Crippen LogP contribution in [0.3, 0.4) is 0 Å². The van der Waals surface area contributed by atoms with Crippen LogP contribution in [0.1, 0.15) is 63.9 Å². The van der Waals surface area contributed by atoms with Crippen LogP contribution in [0, 0.1) is 6.92 Å². The van der Waals surface area contributed by atoms with Crippen LogP contribution in [0.4, 0.5) is 10.5 Å². The number of aromatic nitrogens is 1. The zero-order chi connectivity index (χ0) is 39.5. The van der Waals surface area contributed by atoms with Gasteiger partial charge in [-0.3, -0.25) is 33.9 Å². The maximum Gasteiger partial charge on any atom is 0.323 e. The number of primary amides is 1. The molecule has 294 valence electrons. The molecule has 3 saturated heterocycles. The summed E-state index contributed by atoms with van der Waals surface area (Å²) < 4.78 is 5.33. The number of likely N-dealkylation sites (N-methyl/N-ethyl adjacent to an activating group) is 1. The number of pyridine rings is 1. The van der Waals surface area contributed by atoms with Crippen molar-refractivity contribution in [1.82, 2.24) is 30.3 Å². The number of nitrogens with zero attached hydrogens (tertiary/aromatic N) is 4. The van der Waals surface area contributed by atoms with E-state index in [0.717, 1.165) is 32.2 Å². The lowest BCUT2D eigenvalue weighted by atomic mass is 9.99. The van der Waals surface area contributed by atoms with Crippen molar-refractivity contribution in [3.63, 3.8) is 0 Å². The van der Waals surface area contributed by atoms with Gasteiger partial charge in [0.2, 0.25) is 23.6 Å². The summed E-state index contributed by atoms with van der Waals surface area (Å²) in [6.45, 7) is 5.28. The molecule has 3 aliphatic rings. The first-order chi connectivity index (χ1) is 25.9. The maximum absolute atomic E-state index is 13.4. The predicted molar refractivity (Wildman–Crippen MR) is 201 cm³/mol. The lowest BCUT2D eigenvalue weighted by Gasteiger charge is -2.38. The third-order valence-corrected chi connectivity index (χ3v) is 9.18. The number of benzene rings is 1. The lowest BCUT2D eigenvalue weighted by Crippen LogP contribution is -2.57. The highest BCUT2D eigenvalue weighted by Crippen LogP contribution is 2.25. The van der Waals surface area contributed by atoms with Crippen LogP contribution in [-0.4, -0.2) is 126 Å². The van der Waals surface area contributed by atoms with Crippen LogP contribution < -0.4 is 21.7 Å². The topological polar surface area (TPSA) is 213 Å². The Hall–Kier alpha value is -5.38. The number of aryl methyl sites for hydroxylation is 1. The van der Waals surface area contributed by atoms with E-state index in [1.807, 2.05) is 30.1 Å². The van der Waals surface area contributed by atoms with Crippen LogP contribution >= 0.6 is 0 Å². The molecule has 4 unspecified atom stereocenters. The van der Waals surface area contributed by atoms with E-state index in [0.29, 0.717) is 44.3 Å². The number of amides is 6. The number of nitrogens with one attached hydrogen (secondary N) is 3. The molecule has 16 heteroatoms. The molecule has 3 fully saturated rings. The molecule has 54 heavy (non-hydrogen) atoms. The van der Waals surface area contributed by atoms with Gasteiger partial charge in [0, 0.05) is 31.2 Å². The van der Waals surface area contributed by atoms with Crippen LogP contribution in [0.5, 0.6) is 0 Å². The number of aldehydes is 1. The van der Waals surface area contributed by atoms with E-state index < -0.39 is 30.1 Å².